The molecule has 0 aliphatic carbocycles. The van der Waals surface area contributed by atoms with E-state index in [0.29, 0.717) is 12.3 Å². The Labute approximate surface area is 178 Å². The number of ether oxygens (including phenoxy) is 1. The molecular weight excluding hydrogens is 400 g/mol. The number of fused-ring (bicyclic) bond motifs is 1. The molecule has 10 heteroatoms. The summed E-state index contributed by atoms with van der Waals surface area (Å²) in [5, 5.41) is 14.8. The molecule has 3 aromatic rings. The van der Waals surface area contributed by atoms with Gasteiger partial charge in [0, 0.05) is 14.1 Å². The van der Waals surface area contributed by atoms with Crippen molar-refractivity contribution in [2.24, 2.45) is 19.2 Å². The molecule has 0 radical (unpaired) electrons. The second-order valence-corrected chi connectivity index (χ2v) is 7.08. The maximum Gasteiger partial charge on any atom is 0.332 e. The van der Waals surface area contributed by atoms with Crippen LogP contribution in [0.4, 0.5) is 5.95 Å². The van der Waals surface area contributed by atoms with Gasteiger partial charge in [0.2, 0.25) is 5.95 Å². The van der Waals surface area contributed by atoms with Gasteiger partial charge < -0.3 is 14.4 Å². The molecule has 0 bridgehead atoms. The summed E-state index contributed by atoms with van der Waals surface area (Å²) in [6.45, 7) is 5.76. The summed E-state index contributed by atoms with van der Waals surface area (Å²) < 4.78 is 9.11. The summed E-state index contributed by atoms with van der Waals surface area (Å²) in [7, 11) is 2.93. The predicted octanol–water partition coefficient (Wildman–Crippen LogP) is 0.833. The summed E-state index contributed by atoms with van der Waals surface area (Å²) in [5.74, 6) is 0.228. The van der Waals surface area contributed by atoms with Crippen LogP contribution in [0.2, 0.25) is 0 Å². The van der Waals surface area contributed by atoms with Gasteiger partial charge in [-0.05, 0) is 12.5 Å². The van der Waals surface area contributed by atoms with Gasteiger partial charge in [0.25, 0.3) is 5.56 Å². The normalized spacial score (nSPS) is 12.8. The molecule has 0 spiro atoms. The van der Waals surface area contributed by atoms with Crippen molar-refractivity contribution in [1.29, 1.82) is 0 Å². The van der Waals surface area contributed by atoms with Gasteiger partial charge >= 0.3 is 5.69 Å². The highest BCUT2D eigenvalue weighted by Gasteiger charge is 2.21. The standard InChI is InChI=1S/C21H26N6O4/c1-5-11-31-13-16(28)12-27-17-18(25(3)21(30)26(4)19(17)29)22-20(27)24-23-14(2)15-9-7-6-8-10-15/h5-10,16,28H,1,11-13H2,2-4H3,(H,22,24). The zero-order chi connectivity index (χ0) is 22.5. The van der Waals surface area contributed by atoms with Crippen molar-refractivity contribution in [3.8, 4) is 0 Å². The summed E-state index contributed by atoms with van der Waals surface area (Å²) in [4.78, 5) is 29.6. The fourth-order valence-corrected chi connectivity index (χ4v) is 3.14. The predicted molar refractivity (Wildman–Crippen MR) is 120 cm³/mol. The summed E-state index contributed by atoms with van der Waals surface area (Å²) in [6, 6.07) is 9.56. The van der Waals surface area contributed by atoms with E-state index in [0.717, 1.165) is 10.1 Å². The number of aryl methyl sites for hydroxylation is 1. The molecule has 2 aromatic heterocycles. The Kier molecular flexibility index (Phi) is 6.83. The van der Waals surface area contributed by atoms with Crippen molar-refractivity contribution < 1.29 is 9.84 Å². The van der Waals surface area contributed by atoms with Crippen LogP contribution in [0.5, 0.6) is 0 Å². The molecular formula is C21H26N6O4. The topological polar surface area (TPSA) is 116 Å². The van der Waals surface area contributed by atoms with E-state index in [4.69, 9.17) is 4.74 Å². The van der Waals surface area contributed by atoms with Gasteiger partial charge in [-0.1, -0.05) is 36.4 Å². The van der Waals surface area contributed by atoms with Gasteiger partial charge in [-0.2, -0.15) is 10.1 Å². The molecule has 0 aliphatic heterocycles. The highest BCUT2D eigenvalue weighted by atomic mass is 16.5. The van der Waals surface area contributed by atoms with Crippen LogP contribution in [0, 0.1) is 0 Å². The fraction of sp³-hybridized carbons (Fsp3) is 0.333. The number of hydrazone groups is 1. The molecule has 2 N–H and O–H groups in total. The average molecular weight is 426 g/mol. The van der Waals surface area contributed by atoms with E-state index >= 15 is 0 Å². The summed E-state index contributed by atoms with van der Waals surface area (Å²) >= 11 is 0. The van der Waals surface area contributed by atoms with Gasteiger partial charge in [-0.25, -0.2) is 10.2 Å². The van der Waals surface area contributed by atoms with Gasteiger partial charge in [0.15, 0.2) is 11.2 Å². The molecule has 1 aromatic carbocycles. The molecule has 1 atom stereocenters. The van der Waals surface area contributed by atoms with Crippen LogP contribution in [-0.2, 0) is 25.4 Å². The minimum absolute atomic E-state index is 0.0172. The van der Waals surface area contributed by atoms with Crippen molar-refractivity contribution in [2.75, 3.05) is 18.6 Å². The lowest BCUT2D eigenvalue weighted by atomic mass is 10.1. The Morgan fingerprint density at radius 1 is 1.29 bits per heavy atom. The van der Waals surface area contributed by atoms with E-state index in [-0.39, 0.29) is 30.3 Å². The number of aliphatic hydroxyl groups excluding tert-OH is 1. The number of nitrogens with zero attached hydrogens (tertiary/aromatic N) is 5. The number of anilines is 1. The third-order valence-corrected chi connectivity index (χ3v) is 4.80. The quantitative estimate of drug-likeness (QED) is 0.227. The van der Waals surface area contributed by atoms with Crippen molar-refractivity contribution >= 4 is 22.8 Å². The Balaban J connectivity index is 2.05. The molecule has 10 nitrogen and oxygen atoms in total. The zero-order valence-corrected chi connectivity index (χ0v) is 17.8. The monoisotopic (exact) mass is 426 g/mol. The number of benzene rings is 1. The zero-order valence-electron chi connectivity index (χ0n) is 17.8. The van der Waals surface area contributed by atoms with E-state index in [1.54, 1.807) is 6.08 Å². The van der Waals surface area contributed by atoms with E-state index in [2.05, 4.69) is 22.1 Å². The van der Waals surface area contributed by atoms with Crippen molar-refractivity contribution in [3.05, 3.63) is 69.4 Å². The van der Waals surface area contributed by atoms with Crippen LogP contribution >= 0.6 is 0 Å². The molecule has 1 unspecified atom stereocenters. The molecule has 0 saturated carbocycles. The molecule has 3 rings (SSSR count). The van der Waals surface area contributed by atoms with Gasteiger partial charge in [0.05, 0.1) is 31.6 Å². The number of nitrogens with one attached hydrogen (secondary N) is 1. The van der Waals surface area contributed by atoms with E-state index in [1.165, 1.54) is 23.2 Å². The fourth-order valence-electron chi connectivity index (χ4n) is 3.14. The highest BCUT2D eigenvalue weighted by molar-refractivity contribution is 5.99. The Bertz CT molecular complexity index is 1220. The lowest BCUT2D eigenvalue weighted by Crippen LogP contribution is -2.38. The van der Waals surface area contributed by atoms with Gasteiger partial charge in [-0.15, -0.1) is 6.58 Å². The van der Waals surface area contributed by atoms with Crippen molar-refractivity contribution in [3.63, 3.8) is 0 Å². The van der Waals surface area contributed by atoms with Crippen LogP contribution in [0.3, 0.4) is 0 Å². The van der Waals surface area contributed by atoms with Crippen LogP contribution in [0.25, 0.3) is 11.2 Å². The van der Waals surface area contributed by atoms with Gasteiger partial charge in [0.1, 0.15) is 0 Å². The number of hydrogen-bond donors (Lipinski definition) is 2. The van der Waals surface area contributed by atoms with E-state index in [1.807, 2.05) is 37.3 Å². The summed E-state index contributed by atoms with van der Waals surface area (Å²) in [5.41, 5.74) is 3.87. The maximum atomic E-state index is 12.8. The molecule has 31 heavy (non-hydrogen) atoms. The Morgan fingerprint density at radius 3 is 2.68 bits per heavy atom. The number of rotatable bonds is 9. The number of aromatic nitrogens is 4. The molecule has 2 heterocycles. The summed E-state index contributed by atoms with van der Waals surface area (Å²) in [6.07, 6.45) is 0.665. The Hall–Kier alpha value is -3.50. The molecule has 164 valence electrons. The maximum absolute atomic E-state index is 12.8. The van der Waals surface area contributed by atoms with Crippen LogP contribution in [0.1, 0.15) is 12.5 Å². The van der Waals surface area contributed by atoms with Gasteiger partial charge in [-0.3, -0.25) is 13.9 Å². The highest BCUT2D eigenvalue weighted by Crippen LogP contribution is 2.17. The number of imidazole rings is 1. The van der Waals surface area contributed by atoms with E-state index < -0.39 is 17.4 Å². The lowest BCUT2D eigenvalue weighted by molar-refractivity contribution is 0.0405. The SMILES string of the molecule is C=CCOCC(O)Cn1c(NN=C(C)c2ccccc2)nc2c1c(=O)n(C)c(=O)n2C. The van der Waals surface area contributed by atoms with Crippen LogP contribution in [0.15, 0.2) is 57.7 Å². The van der Waals surface area contributed by atoms with Crippen molar-refractivity contribution in [1.82, 2.24) is 18.7 Å². The Morgan fingerprint density at radius 2 is 2.00 bits per heavy atom. The molecule has 0 saturated heterocycles. The van der Waals surface area contributed by atoms with Crippen molar-refractivity contribution in [2.45, 2.75) is 19.6 Å². The largest absolute Gasteiger partial charge is 0.389 e. The second-order valence-electron chi connectivity index (χ2n) is 7.08. The third-order valence-electron chi connectivity index (χ3n) is 4.80. The molecule has 0 aliphatic rings. The first kappa shape index (κ1) is 22.2. The molecule has 0 fully saturated rings. The van der Waals surface area contributed by atoms with Crippen LogP contribution < -0.4 is 16.7 Å². The number of aliphatic hydroxyl groups is 1. The first-order valence-corrected chi connectivity index (χ1v) is 9.73. The van der Waals surface area contributed by atoms with E-state index in [9.17, 15) is 14.7 Å². The minimum Gasteiger partial charge on any atom is -0.389 e. The lowest BCUT2D eigenvalue weighted by Gasteiger charge is -2.14. The third kappa shape index (κ3) is 4.65. The molecule has 0 amide bonds. The minimum atomic E-state index is -0.918. The van der Waals surface area contributed by atoms with Crippen LogP contribution in [-0.4, -0.2) is 48.8 Å². The second kappa shape index (κ2) is 9.54. The average Bonchev–Trinajstić information content (AvgIpc) is 3.13. The smallest absolute Gasteiger partial charge is 0.332 e. The first-order valence-electron chi connectivity index (χ1n) is 9.73. The first-order chi connectivity index (χ1) is 14.8. The number of hydrogen-bond acceptors (Lipinski definition) is 7.